The van der Waals surface area contributed by atoms with Crippen molar-refractivity contribution in [1.82, 2.24) is 4.90 Å². The van der Waals surface area contributed by atoms with Crippen molar-refractivity contribution in [2.24, 2.45) is 11.1 Å². The van der Waals surface area contributed by atoms with Gasteiger partial charge in [-0.05, 0) is 30.5 Å². The quantitative estimate of drug-likeness (QED) is 0.863. The van der Waals surface area contributed by atoms with Crippen molar-refractivity contribution in [2.75, 3.05) is 20.3 Å². The maximum atomic E-state index is 12.8. The van der Waals surface area contributed by atoms with Gasteiger partial charge in [0.1, 0.15) is 5.41 Å². The van der Waals surface area contributed by atoms with Gasteiger partial charge in [0.25, 0.3) is 0 Å². The highest BCUT2D eigenvalue weighted by atomic mass is 35.5. The van der Waals surface area contributed by atoms with E-state index in [1.54, 1.807) is 11.9 Å². The van der Waals surface area contributed by atoms with E-state index in [0.717, 1.165) is 5.56 Å². The summed E-state index contributed by atoms with van der Waals surface area (Å²) in [5.41, 5.74) is 6.11. The molecule has 1 aromatic carbocycles. The van der Waals surface area contributed by atoms with Gasteiger partial charge in [-0.2, -0.15) is 0 Å². The molecular formula is C15H19ClN2O2S. The lowest BCUT2D eigenvalue weighted by Crippen LogP contribution is -2.52. The highest BCUT2D eigenvalue weighted by molar-refractivity contribution is 7.80. The summed E-state index contributed by atoms with van der Waals surface area (Å²) < 4.78 is 5.34. The van der Waals surface area contributed by atoms with Gasteiger partial charge in [0.05, 0.1) is 4.99 Å². The first-order valence-electron chi connectivity index (χ1n) is 6.83. The fourth-order valence-corrected chi connectivity index (χ4v) is 3.00. The molecule has 114 valence electrons. The number of hydrogen-bond donors (Lipinski definition) is 1. The van der Waals surface area contributed by atoms with E-state index in [1.165, 1.54) is 0 Å². The van der Waals surface area contributed by atoms with Crippen LogP contribution in [0.3, 0.4) is 0 Å². The summed E-state index contributed by atoms with van der Waals surface area (Å²) in [6.07, 6.45) is 1.10. The number of amides is 1. The highest BCUT2D eigenvalue weighted by Crippen LogP contribution is 2.33. The molecule has 2 rings (SSSR count). The number of halogens is 1. The molecular weight excluding hydrogens is 308 g/mol. The normalized spacial score (nSPS) is 17.2. The highest BCUT2D eigenvalue weighted by Gasteiger charge is 2.44. The Morgan fingerprint density at radius 3 is 2.48 bits per heavy atom. The van der Waals surface area contributed by atoms with E-state index in [9.17, 15) is 4.79 Å². The van der Waals surface area contributed by atoms with E-state index >= 15 is 0 Å². The van der Waals surface area contributed by atoms with E-state index in [0.29, 0.717) is 37.6 Å². The van der Waals surface area contributed by atoms with Gasteiger partial charge in [-0.1, -0.05) is 36.0 Å². The first kappa shape index (κ1) is 16.2. The van der Waals surface area contributed by atoms with Crippen LogP contribution in [-0.2, 0) is 16.1 Å². The molecule has 1 aliphatic heterocycles. The monoisotopic (exact) mass is 326 g/mol. The second kappa shape index (κ2) is 6.73. The third kappa shape index (κ3) is 3.54. The maximum Gasteiger partial charge on any atom is 0.235 e. The molecule has 2 N–H and O–H groups in total. The molecule has 21 heavy (non-hydrogen) atoms. The number of carbonyl (C=O) groups is 1. The maximum absolute atomic E-state index is 12.8. The SMILES string of the molecule is CN(Cc1ccc(Cl)cc1)C(=O)C1(C(N)=S)CCOCC1. The Morgan fingerprint density at radius 1 is 1.38 bits per heavy atom. The van der Waals surface area contributed by atoms with Crippen LogP contribution in [0.25, 0.3) is 0 Å². The minimum Gasteiger partial charge on any atom is -0.392 e. The predicted molar refractivity (Wildman–Crippen MR) is 87.2 cm³/mol. The molecule has 0 aliphatic carbocycles. The lowest BCUT2D eigenvalue weighted by molar-refractivity contribution is -0.141. The fourth-order valence-electron chi connectivity index (χ4n) is 2.59. The van der Waals surface area contributed by atoms with Crippen molar-refractivity contribution in [1.29, 1.82) is 0 Å². The van der Waals surface area contributed by atoms with E-state index in [2.05, 4.69) is 0 Å². The van der Waals surface area contributed by atoms with Crippen LogP contribution in [0.2, 0.25) is 5.02 Å². The third-order valence-corrected chi connectivity index (χ3v) is 4.55. The average Bonchev–Trinajstić information content (AvgIpc) is 2.49. The molecule has 1 heterocycles. The van der Waals surface area contributed by atoms with E-state index < -0.39 is 5.41 Å². The first-order valence-corrected chi connectivity index (χ1v) is 7.62. The van der Waals surface area contributed by atoms with Gasteiger partial charge in [-0.25, -0.2) is 0 Å². The molecule has 1 aromatic rings. The number of rotatable bonds is 4. The summed E-state index contributed by atoms with van der Waals surface area (Å²) in [4.78, 5) is 14.7. The number of carbonyl (C=O) groups excluding carboxylic acids is 1. The number of thiocarbonyl (C=S) groups is 1. The lowest BCUT2D eigenvalue weighted by Gasteiger charge is -2.37. The van der Waals surface area contributed by atoms with Gasteiger partial charge in [-0.3, -0.25) is 4.79 Å². The molecule has 1 saturated heterocycles. The van der Waals surface area contributed by atoms with Crippen molar-refractivity contribution in [2.45, 2.75) is 19.4 Å². The molecule has 0 aromatic heterocycles. The largest absolute Gasteiger partial charge is 0.392 e. The molecule has 0 atom stereocenters. The molecule has 1 aliphatic rings. The van der Waals surface area contributed by atoms with Crippen LogP contribution in [0, 0.1) is 5.41 Å². The summed E-state index contributed by atoms with van der Waals surface area (Å²) in [5, 5.41) is 0.678. The molecule has 0 saturated carbocycles. The van der Waals surface area contributed by atoms with Gasteiger partial charge in [0.15, 0.2) is 0 Å². The van der Waals surface area contributed by atoms with Crippen molar-refractivity contribution in [3.63, 3.8) is 0 Å². The molecule has 6 heteroatoms. The van der Waals surface area contributed by atoms with Crippen molar-refractivity contribution >= 4 is 34.7 Å². The smallest absolute Gasteiger partial charge is 0.235 e. The van der Waals surface area contributed by atoms with Crippen LogP contribution in [0.1, 0.15) is 18.4 Å². The Morgan fingerprint density at radius 2 is 1.95 bits per heavy atom. The summed E-state index contributed by atoms with van der Waals surface area (Å²) in [6, 6.07) is 7.44. The number of hydrogen-bond acceptors (Lipinski definition) is 3. The standard InChI is InChI=1S/C15H19ClN2O2S/c1-18(10-11-2-4-12(16)5-3-11)14(19)15(13(17)21)6-8-20-9-7-15/h2-5H,6-10H2,1H3,(H2,17,21). The molecule has 1 amide bonds. The predicted octanol–water partition coefficient (Wildman–Crippen LogP) is 2.38. The molecule has 4 nitrogen and oxygen atoms in total. The van der Waals surface area contributed by atoms with Crippen LogP contribution in [0.5, 0.6) is 0 Å². The van der Waals surface area contributed by atoms with E-state index in [4.69, 9.17) is 34.3 Å². The molecule has 0 radical (unpaired) electrons. The summed E-state index contributed by atoms with van der Waals surface area (Å²) in [6.45, 7) is 1.52. The lowest BCUT2D eigenvalue weighted by atomic mass is 9.78. The minimum absolute atomic E-state index is 0.0340. The minimum atomic E-state index is -0.769. The van der Waals surface area contributed by atoms with Gasteiger partial charge >= 0.3 is 0 Å². The number of nitrogens with two attached hydrogens (primary N) is 1. The zero-order valence-corrected chi connectivity index (χ0v) is 13.5. The summed E-state index contributed by atoms with van der Waals surface area (Å²) in [7, 11) is 1.77. The molecule has 0 unspecified atom stereocenters. The summed E-state index contributed by atoms with van der Waals surface area (Å²) >= 11 is 11.0. The van der Waals surface area contributed by atoms with Crippen LogP contribution >= 0.6 is 23.8 Å². The van der Waals surface area contributed by atoms with Gasteiger partial charge < -0.3 is 15.4 Å². The Labute approximate surface area is 135 Å². The number of ether oxygens (including phenoxy) is 1. The summed E-state index contributed by atoms with van der Waals surface area (Å²) in [5.74, 6) is -0.0340. The van der Waals surface area contributed by atoms with Crippen molar-refractivity contribution < 1.29 is 9.53 Å². The Bertz CT molecular complexity index is 527. The Balaban J connectivity index is 2.13. The van der Waals surface area contributed by atoms with Gasteiger partial charge in [0.2, 0.25) is 5.91 Å². The van der Waals surface area contributed by atoms with Gasteiger partial charge in [-0.15, -0.1) is 0 Å². The molecule has 1 fully saturated rings. The zero-order valence-electron chi connectivity index (χ0n) is 12.0. The fraction of sp³-hybridized carbons (Fsp3) is 0.467. The average molecular weight is 327 g/mol. The van der Waals surface area contributed by atoms with Crippen molar-refractivity contribution in [3.8, 4) is 0 Å². The van der Waals surface area contributed by atoms with Crippen molar-refractivity contribution in [3.05, 3.63) is 34.9 Å². The molecule has 0 spiro atoms. The van der Waals surface area contributed by atoms with Crippen LogP contribution < -0.4 is 5.73 Å². The van der Waals surface area contributed by atoms with E-state index in [1.807, 2.05) is 24.3 Å². The van der Waals surface area contributed by atoms with Crippen LogP contribution in [0.15, 0.2) is 24.3 Å². The van der Waals surface area contributed by atoms with Crippen LogP contribution in [-0.4, -0.2) is 36.1 Å². The van der Waals surface area contributed by atoms with E-state index in [-0.39, 0.29) is 10.9 Å². The second-order valence-electron chi connectivity index (χ2n) is 5.35. The Kier molecular flexibility index (Phi) is 5.19. The second-order valence-corrected chi connectivity index (χ2v) is 6.22. The van der Waals surface area contributed by atoms with Crippen LogP contribution in [0.4, 0.5) is 0 Å². The Hall–Kier alpha value is -1.17. The third-order valence-electron chi connectivity index (χ3n) is 3.91. The number of benzene rings is 1. The molecule has 0 bridgehead atoms. The zero-order chi connectivity index (χ0) is 15.5. The topological polar surface area (TPSA) is 55.6 Å². The van der Waals surface area contributed by atoms with Gasteiger partial charge in [0, 0.05) is 31.8 Å². The number of nitrogens with zero attached hydrogens (tertiary/aromatic N) is 1. The first-order chi connectivity index (χ1) is 9.95.